The van der Waals surface area contributed by atoms with Gasteiger partial charge < -0.3 is 5.73 Å². The zero-order valence-electron chi connectivity index (χ0n) is 9.15. The summed E-state index contributed by atoms with van der Waals surface area (Å²) in [6, 6.07) is 7.18. The van der Waals surface area contributed by atoms with E-state index in [9.17, 15) is 8.78 Å². The van der Waals surface area contributed by atoms with Gasteiger partial charge in [-0.15, -0.1) is 0 Å². The van der Waals surface area contributed by atoms with Crippen molar-refractivity contribution in [2.24, 2.45) is 5.73 Å². The zero-order chi connectivity index (χ0) is 13.1. The highest BCUT2D eigenvalue weighted by atomic mass is 32.2. The van der Waals surface area contributed by atoms with Gasteiger partial charge in [0.2, 0.25) is 0 Å². The van der Waals surface area contributed by atoms with Crippen LogP contribution in [0.4, 0.5) is 8.78 Å². The Morgan fingerprint density at radius 1 is 1.22 bits per heavy atom. The fraction of sp³-hybridized carbons (Fsp3) is 0. The number of benzene rings is 1. The summed E-state index contributed by atoms with van der Waals surface area (Å²) in [6.45, 7) is 0. The van der Waals surface area contributed by atoms with Gasteiger partial charge in [-0.3, -0.25) is 5.41 Å². The molecular weight excluding hydrogens is 256 g/mol. The smallest absolute Gasteiger partial charge is 0.140 e. The van der Waals surface area contributed by atoms with Crippen LogP contribution < -0.4 is 5.73 Å². The van der Waals surface area contributed by atoms with Crippen LogP contribution in [-0.2, 0) is 0 Å². The van der Waals surface area contributed by atoms with E-state index in [-0.39, 0.29) is 16.3 Å². The molecule has 0 spiro atoms. The van der Waals surface area contributed by atoms with Crippen LogP contribution in [-0.4, -0.2) is 10.8 Å². The van der Waals surface area contributed by atoms with Gasteiger partial charge in [0.1, 0.15) is 22.5 Å². The van der Waals surface area contributed by atoms with Crippen molar-refractivity contribution in [2.45, 2.75) is 9.92 Å². The number of hydrogen-bond donors (Lipinski definition) is 2. The molecule has 0 aliphatic rings. The van der Waals surface area contributed by atoms with Gasteiger partial charge >= 0.3 is 0 Å². The Morgan fingerprint density at radius 3 is 2.39 bits per heavy atom. The van der Waals surface area contributed by atoms with E-state index in [4.69, 9.17) is 11.1 Å². The molecular formula is C12H9F2N3S. The first-order chi connectivity index (χ1) is 8.58. The first kappa shape index (κ1) is 12.5. The number of nitrogens with one attached hydrogen (secondary N) is 1. The van der Waals surface area contributed by atoms with E-state index in [0.29, 0.717) is 5.03 Å². The summed E-state index contributed by atoms with van der Waals surface area (Å²) < 4.78 is 27.4. The molecule has 1 heterocycles. The first-order valence-electron chi connectivity index (χ1n) is 5.00. The number of aromatic nitrogens is 1. The molecule has 0 atom stereocenters. The van der Waals surface area contributed by atoms with Crippen molar-refractivity contribution >= 4 is 17.6 Å². The van der Waals surface area contributed by atoms with E-state index in [1.165, 1.54) is 0 Å². The van der Waals surface area contributed by atoms with Gasteiger partial charge in [0.25, 0.3) is 0 Å². The molecule has 0 fully saturated rings. The minimum atomic E-state index is -0.754. The summed E-state index contributed by atoms with van der Waals surface area (Å²) in [4.78, 5) is 3.82. The number of rotatable bonds is 3. The summed E-state index contributed by atoms with van der Waals surface area (Å²) in [7, 11) is 0. The number of amidine groups is 1. The van der Waals surface area contributed by atoms with E-state index < -0.39 is 11.6 Å². The van der Waals surface area contributed by atoms with Crippen LogP contribution in [0, 0.1) is 17.0 Å². The standard InChI is InChI=1S/C12H9F2N3S/c13-8-5-7(12(15)16)6-9(14)11(8)18-10-3-1-2-4-17-10/h1-6H,(H3,15,16). The Kier molecular flexibility index (Phi) is 3.57. The third-order valence-corrected chi connectivity index (χ3v) is 3.20. The lowest BCUT2D eigenvalue weighted by molar-refractivity contribution is 0.540. The van der Waals surface area contributed by atoms with Crippen molar-refractivity contribution in [2.75, 3.05) is 0 Å². The number of nitrogens with zero attached hydrogens (tertiary/aromatic N) is 1. The summed E-state index contributed by atoms with van der Waals surface area (Å²) in [5, 5.41) is 7.64. The Labute approximate surface area is 107 Å². The molecule has 2 rings (SSSR count). The number of nitrogens with two attached hydrogens (primary N) is 1. The number of nitrogen functional groups attached to an aromatic ring is 1. The molecule has 92 valence electrons. The molecule has 1 aromatic heterocycles. The third-order valence-electron chi connectivity index (χ3n) is 2.15. The van der Waals surface area contributed by atoms with Crippen LogP contribution in [0.15, 0.2) is 46.5 Å². The average Bonchev–Trinajstić information content (AvgIpc) is 2.34. The molecule has 0 radical (unpaired) electrons. The Morgan fingerprint density at radius 2 is 1.89 bits per heavy atom. The van der Waals surface area contributed by atoms with Crippen LogP contribution in [0.2, 0.25) is 0 Å². The van der Waals surface area contributed by atoms with Gasteiger partial charge in [-0.2, -0.15) is 0 Å². The summed E-state index contributed by atoms with van der Waals surface area (Å²) in [6.07, 6.45) is 1.54. The first-order valence-corrected chi connectivity index (χ1v) is 5.82. The predicted octanol–water partition coefficient (Wildman–Crippen LogP) is 2.80. The maximum Gasteiger partial charge on any atom is 0.140 e. The highest BCUT2D eigenvalue weighted by molar-refractivity contribution is 7.99. The number of pyridine rings is 1. The van der Waals surface area contributed by atoms with Gasteiger partial charge in [0, 0.05) is 11.8 Å². The minimum Gasteiger partial charge on any atom is -0.384 e. The molecule has 0 bridgehead atoms. The molecule has 0 amide bonds. The summed E-state index contributed by atoms with van der Waals surface area (Å²) in [5.41, 5.74) is 5.21. The van der Waals surface area contributed by atoms with Crippen molar-refractivity contribution in [3.8, 4) is 0 Å². The molecule has 0 aliphatic heterocycles. The fourth-order valence-electron chi connectivity index (χ4n) is 1.32. The van der Waals surface area contributed by atoms with Crippen LogP contribution in [0.25, 0.3) is 0 Å². The topological polar surface area (TPSA) is 62.8 Å². The van der Waals surface area contributed by atoms with Gasteiger partial charge in [0.05, 0.1) is 4.90 Å². The molecule has 0 saturated heterocycles. The van der Waals surface area contributed by atoms with Crippen LogP contribution in [0.5, 0.6) is 0 Å². The van der Waals surface area contributed by atoms with Crippen molar-refractivity contribution in [3.63, 3.8) is 0 Å². The van der Waals surface area contributed by atoms with E-state index in [0.717, 1.165) is 23.9 Å². The normalized spacial score (nSPS) is 10.3. The Hall–Kier alpha value is -1.95. The molecule has 2 aromatic rings. The van der Waals surface area contributed by atoms with Crippen molar-refractivity contribution in [1.82, 2.24) is 4.98 Å². The second-order valence-corrected chi connectivity index (χ2v) is 4.48. The Bertz CT molecular complexity index is 564. The molecule has 0 unspecified atom stereocenters. The molecule has 6 heteroatoms. The maximum atomic E-state index is 13.7. The van der Waals surface area contributed by atoms with E-state index in [1.54, 1.807) is 24.4 Å². The molecule has 0 saturated carbocycles. The number of halogens is 2. The van der Waals surface area contributed by atoms with E-state index >= 15 is 0 Å². The lowest BCUT2D eigenvalue weighted by Crippen LogP contribution is -2.12. The predicted molar refractivity (Wildman–Crippen MR) is 65.7 cm³/mol. The fourth-order valence-corrected chi connectivity index (χ4v) is 2.11. The average molecular weight is 265 g/mol. The molecule has 3 N–H and O–H groups in total. The van der Waals surface area contributed by atoms with Crippen LogP contribution in [0.1, 0.15) is 5.56 Å². The van der Waals surface area contributed by atoms with Crippen molar-refractivity contribution in [3.05, 3.63) is 53.7 Å². The van der Waals surface area contributed by atoms with E-state index in [1.807, 2.05) is 0 Å². The van der Waals surface area contributed by atoms with Gasteiger partial charge in [-0.25, -0.2) is 13.8 Å². The molecule has 0 aliphatic carbocycles. The second kappa shape index (κ2) is 5.14. The maximum absolute atomic E-state index is 13.7. The SMILES string of the molecule is N=C(N)c1cc(F)c(Sc2ccccn2)c(F)c1. The zero-order valence-corrected chi connectivity index (χ0v) is 9.97. The van der Waals surface area contributed by atoms with E-state index in [2.05, 4.69) is 4.98 Å². The second-order valence-electron chi connectivity index (χ2n) is 3.45. The van der Waals surface area contributed by atoms with Crippen LogP contribution >= 0.6 is 11.8 Å². The number of hydrogen-bond acceptors (Lipinski definition) is 3. The molecule has 1 aromatic carbocycles. The van der Waals surface area contributed by atoms with Crippen molar-refractivity contribution in [1.29, 1.82) is 5.41 Å². The lowest BCUT2D eigenvalue weighted by atomic mass is 10.2. The third kappa shape index (κ3) is 2.65. The summed E-state index contributed by atoms with van der Waals surface area (Å²) in [5.74, 6) is -1.88. The lowest BCUT2D eigenvalue weighted by Gasteiger charge is -2.06. The van der Waals surface area contributed by atoms with Gasteiger partial charge in [0.15, 0.2) is 0 Å². The van der Waals surface area contributed by atoms with Crippen LogP contribution in [0.3, 0.4) is 0 Å². The Balaban J connectivity index is 2.37. The highest BCUT2D eigenvalue weighted by Gasteiger charge is 2.14. The van der Waals surface area contributed by atoms with Gasteiger partial charge in [-0.05, 0) is 24.3 Å². The molecule has 18 heavy (non-hydrogen) atoms. The van der Waals surface area contributed by atoms with Crippen molar-refractivity contribution < 1.29 is 8.78 Å². The minimum absolute atomic E-state index is 0.0235. The molecule has 3 nitrogen and oxygen atoms in total. The summed E-state index contributed by atoms with van der Waals surface area (Å²) >= 11 is 0.889. The monoisotopic (exact) mass is 265 g/mol. The van der Waals surface area contributed by atoms with Gasteiger partial charge in [-0.1, -0.05) is 17.8 Å². The highest BCUT2D eigenvalue weighted by Crippen LogP contribution is 2.31. The quantitative estimate of drug-likeness (QED) is 0.662. The largest absolute Gasteiger partial charge is 0.384 e.